The van der Waals surface area contributed by atoms with Crippen LogP contribution in [0, 0.1) is 0 Å². The standard InChI is InChI=1S/C21H27NO4/c1-15(2)17-7-5-6-8-18(17)26-12-11-22-21(23)14-16-9-10-19(24-3)20(13-16)25-4/h5-10,13,15H,11-12,14H2,1-4H3,(H,22,23). The molecule has 140 valence electrons. The van der Waals surface area contributed by atoms with Gasteiger partial charge in [0, 0.05) is 0 Å². The van der Waals surface area contributed by atoms with Crippen LogP contribution in [0.2, 0.25) is 0 Å². The highest BCUT2D eigenvalue weighted by molar-refractivity contribution is 5.78. The van der Waals surface area contributed by atoms with E-state index in [-0.39, 0.29) is 12.3 Å². The van der Waals surface area contributed by atoms with Gasteiger partial charge in [0.05, 0.1) is 27.2 Å². The Morgan fingerprint density at radius 2 is 1.73 bits per heavy atom. The first-order valence-corrected chi connectivity index (χ1v) is 8.74. The number of amides is 1. The third kappa shape index (κ3) is 5.41. The van der Waals surface area contributed by atoms with Crippen molar-refractivity contribution in [3.63, 3.8) is 0 Å². The molecule has 0 unspecified atom stereocenters. The summed E-state index contributed by atoms with van der Waals surface area (Å²) in [6.07, 6.45) is 0.281. The number of nitrogens with one attached hydrogen (secondary N) is 1. The maximum Gasteiger partial charge on any atom is 0.224 e. The van der Waals surface area contributed by atoms with E-state index in [4.69, 9.17) is 14.2 Å². The number of hydrogen-bond acceptors (Lipinski definition) is 4. The second-order valence-electron chi connectivity index (χ2n) is 6.26. The van der Waals surface area contributed by atoms with Crippen molar-refractivity contribution >= 4 is 5.91 Å². The van der Waals surface area contributed by atoms with Gasteiger partial charge in [-0.25, -0.2) is 0 Å². The summed E-state index contributed by atoms with van der Waals surface area (Å²) in [6, 6.07) is 13.5. The number of methoxy groups -OCH3 is 2. The Hall–Kier alpha value is -2.69. The van der Waals surface area contributed by atoms with Crippen molar-refractivity contribution in [3.05, 3.63) is 53.6 Å². The molecule has 0 aliphatic heterocycles. The molecule has 0 aliphatic rings. The Morgan fingerprint density at radius 3 is 2.42 bits per heavy atom. The van der Waals surface area contributed by atoms with Crippen molar-refractivity contribution in [2.24, 2.45) is 0 Å². The lowest BCUT2D eigenvalue weighted by Crippen LogP contribution is -2.29. The molecule has 0 heterocycles. The fourth-order valence-electron chi connectivity index (χ4n) is 2.68. The molecular weight excluding hydrogens is 330 g/mol. The predicted molar refractivity (Wildman–Crippen MR) is 102 cm³/mol. The number of benzene rings is 2. The molecule has 0 saturated heterocycles. The van der Waals surface area contributed by atoms with Crippen molar-refractivity contribution < 1.29 is 19.0 Å². The van der Waals surface area contributed by atoms with Crippen molar-refractivity contribution in [1.82, 2.24) is 5.32 Å². The Balaban J connectivity index is 1.81. The monoisotopic (exact) mass is 357 g/mol. The van der Waals surface area contributed by atoms with E-state index in [1.807, 2.05) is 30.3 Å². The molecule has 5 nitrogen and oxygen atoms in total. The smallest absolute Gasteiger partial charge is 0.224 e. The third-order valence-electron chi connectivity index (χ3n) is 4.04. The lowest BCUT2D eigenvalue weighted by atomic mass is 10.0. The van der Waals surface area contributed by atoms with Gasteiger partial charge in [0.25, 0.3) is 0 Å². The van der Waals surface area contributed by atoms with Crippen LogP contribution in [0.15, 0.2) is 42.5 Å². The summed E-state index contributed by atoms with van der Waals surface area (Å²) in [6.45, 7) is 5.15. The molecule has 1 amide bonds. The van der Waals surface area contributed by atoms with Gasteiger partial charge in [0.15, 0.2) is 11.5 Å². The van der Waals surface area contributed by atoms with Crippen LogP contribution in [-0.4, -0.2) is 33.3 Å². The van der Waals surface area contributed by atoms with Gasteiger partial charge in [0.1, 0.15) is 12.4 Å². The lowest BCUT2D eigenvalue weighted by Gasteiger charge is -2.14. The molecule has 2 aromatic rings. The van der Waals surface area contributed by atoms with E-state index < -0.39 is 0 Å². The van der Waals surface area contributed by atoms with Gasteiger partial charge < -0.3 is 19.5 Å². The molecule has 0 atom stereocenters. The highest BCUT2D eigenvalue weighted by atomic mass is 16.5. The van der Waals surface area contributed by atoms with Crippen LogP contribution in [0.1, 0.15) is 30.9 Å². The van der Waals surface area contributed by atoms with Crippen LogP contribution in [0.25, 0.3) is 0 Å². The van der Waals surface area contributed by atoms with Crippen molar-refractivity contribution in [2.45, 2.75) is 26.2 Å². The summed E-state index contributed by atoms with van der Waals surface area (Å²) in [7, 11) is 3.16. The highest BCUT2D eigenvalue weighted by Crippen LogP contribution is 2.28. The Morgan fingerprint density at radius 1 is 1.00 bits per heavy atom. The van der Waals surface area contributed by atoms with Gasteiger partial charge in [-0.05, 0) is 35.2 Å². The number of rotatable bonds is 9. The number of carbonyl (C=O) groups is 1. The van der Waals surface area contributed by atoms with Crippen LogP contribution < -0.4 is 19.5 Å². The number of ether oxygens (including phenoxy) is 3. The topological polar surface area (TPSA) is 56.8 Å². The Bertz CT molecular complexity index is 728. The normalized spacial score (nSPS) is 10.5. The number of hydrogen-bond donors (Lipinski definition) is 1. The van der Waals surface area contributed by atoms with E-state index in [1.54, 1.807) is 20.3 Å². The van der Waals surface area contributed by atoms with Gasteiger partial charge in [0.2, 0.25) is 5.91 Å². The minimum atomic E-state index is -0.0574. The quantitative estimate of drug-likeness (QED) is 0.697. The molecule has 1 N–H and O–H groups in total. The summed E-state index contributed by atoms with van der Waals surface area (Å²) in [5.41, 5.74) is 2.04. The average Bonchev–Trinajstić information content (AvgIpc) is 2.65. The molecule has 0 fully saturated rings. The first-order chi connectivity index (χ1) is 12.5. The second-order valence-corrected chi connectivity index (χ2v) is 6.26. The summed E-state index contributed by atoms with van der Waals surface area (Å²) in [5.74, 6) is 2.47. The SMILES string of the molecule is COc1ccc(CC(=O)NCCOc2ccccc2C(C)C)cc1OC. The zero-order valence-corrected chi connectivity index (χ0v) is 15.9. The zero-order valence-electron chi connectivity index (χ0n) is 15.9. The molecule has 2 aromatic carbocycles. The van der Waals surface area contributed by atoms with E-state index in [9.17, 15) is 4.79 Å². The van der Waals surface area contributed by atoms with Gasteiger partial charge in [-0.15, -0.1) is 0 Å². The molecule has 0 radical (unpaired) electrons. The van der Waals surface area contributed by atoms with E-state index >= 15 is 0 Å². The fourth-order valence-corrected chi connectivity index (χ4v) is 2.68. The zero-order chi connectivity index (χ0) is 18.9. The van der Waals surface area contributed by atoms with E-state index in [0.717, 1.165) is 11.3 Å². The minimum absolute atomic E-state index is 0.0574. The largest absolute Gasteiger partial charge is 0.493 e. The molecule has 0 spiro atoms. The molecule has 5 heteroatoms. The van der Waals surface area contributed by atoms with Crippen molar-refractivity contribution in [2.75, 3.05) is 27.4 Å². The van der Waals surface area contributed by atoms with Crippen molar-refractivity contribution in [1.29, 1.82) is 0 Å². The third-order valence-corrected chi connectivity index (χ3v) is 4.04. The van der Waals surface area contributed by atoms with Crippen LogP contribution in [-0.2, 0) is 11.2 Å². The summed E-state index contributed by atoms with van der Waals surface area (Å²) < 4.78 is 16.3. The number of carbonyl (C=O) groups excluding carboxylic acids is 1. The molecule has 0 bridgehead atoms. The average molecular weight is 357 g/mol. The highest BCUT2D eigenvalue weighted by Gasteiger charge is 2.09. The predicted octanol–water partition coefficient (Wildman–Crippen LogP) is 3.56. The Kier molecular flexibility index (Phi) is 7.33. The summed E-state index contributed by atoms with van der Waals surface area (Å²) in [5, 5.41) is 2.88. The van der Waals surface area contributed by atoms with Crippen molar-refractivity contribution in [3.8, 4) is 17.2 Å². The van der Waals surface area contributed by atoms with E-state index in [2.05, 4.69) is 25.2 Å². The summed E-state index contributed by atoms with van der Waals surface area (Å²) >= 11 is 0. The number of para-hydroxylation sites is 1. The van der Waals surface area contributed by atoms with Crippen LogP contribution in [0.4, 0.5) is 0 Å². The molecular formula is C21H27NO4. The molecule has 0 saturated carbocycles. The van der Waals surface area contributed by atoms with Crippen LogP contribution in [0.3, 0.4) is 0 Å². The Labute approximate surface area is 155 Å². The maximum atomic E-state index is 12.1. The van der Waals surface area contributed by atoms with Gasteiger partial charge in [-0.2, -0.15) is 0 Å². The molecule has 26 heavy (non-hydrogen) atoms. The van der Waals surface area contributed by atoms with Crippen LogP contribution >= 0.6 is 0 Å². The van der Waals surface area contributed by atoms with Gasteiger partial charge >= 0.3 is 0 Å². The maximum absolute atomic E-state index is 12.1. The molecule has 2 rings (SSSR count). The molecule has 0 aliphatic carbocycles. The summed E-state index contributed by atoms with van der Waals surface area (Å²) in [4.78, 5) is 12.1. The first kappa shape index (κ1) is 19.6. The lowest BCUT2D eigenvalue weighted by molar-refractivity contribution is -0.120. The van der Waals surface area contributed by atoms with E-state index in [0.29, 0.717) is 30.6 Å². The second kappa shape index (κ2) is 9.70. The minimum Gasteiger partial charge on any atom is -0.493 e. The fraction of sp³-hybridized carbons (Fsp3) is 0.381. The van der Waals surface area contributed by atoms with Gasteiger partial charge in [-0.1, -0.05) is 38.1 Å². The van der Waals surface area contributed by atoms with E-state index in [1.165, 1.54) is 5.56 Å². The van der Waals surface area contributed by atoms with Crippen LogP contribution in [0.5, 0.6) is 17.2 Å². The first-order valence-electron chi connectivity index (χ1n) is 8.74. The van der Waals surface area contributed by atoms with Gasteiger partial charge in [-0.3, -0.25) is 4.79 Å². The molecule has 0 aromatic heterocycles.